The van der Waals surface area contributed by atoms with E-state index < -0.39 is 0 Å². The third kappa shape index (κ3) is 5.27. The first-order valence-electron chi connectivity index (χ1n) is 6.32. The first-order valence-corrected chi connectivity index (χ1v) is 6.32. The molecule has 0 spiro atoms. The van der Waals surface area contributed by atoms with Gasteiger partial charge in [-0.15, -0.1) is 0 Å². The summed E-state index contributed by atoms with van der Waals surface area (Å²) in [7, 11) is 4.11. The van der Waals surface area contributed by atoms with Gasteiger partial charge in [0.1, 0.15) is 11.5 Å². The van der Waals surface area contributed by atoms with Crippen molar-refractivity contribution in [1.82, 2.24) is 4.90 Å². The third-order valence-corrected chi connectivity index (χ3v) is 2.37. The molecule has 2 N–H and O–H groups in total. The summed E-state index contributed by atoms with van der Waals surface area (Å²) >= 11 is 0. The van der Waals surface area contributed by atoms with Gasteiger partial charge in [-0.3, -0.25) is 0 Å². The summed E-state index contributed by atoms with van der Waals surface area (Å²) in [5.74, 6) is 1.49. The number of hydrogen-bond acceptors (Lipinski definition) is 4. The molecule has 0 atom stereocenters. The van der Waals surface area contributed by atoms with Crippen molar-refractivity contribution in [1.29, 1.82) is 0 Å². The van der Waals surface area contributed by atoms with E-state index in [-0.39, 0.29) is 6.10 Å². The van der Waals surface area contributed by atoms with Crippen molar-refractivity contribution in [2.75, 3.05) is 33.0 Å². The largest absolute Gasteiger partial charge is 0.493 e. The molecule has 0 aromatic heterocycles. The second-order valence-electron chi connectivity index (χ2n) is 4.87. The Kier molecular flexibility index (Phi) is 5.78. The molecule has 1 aromatic carbocycles. The van der Waals surface area contributed by atoms with E-state index in [2.05, 4.69) is 19.0 Å². The highest BCUT2D eigenvalue weighted by atomic mass is 16.5. The zero-order chi connectivity index (χ0) is 13.5. The lowest BCUT2D eigenvalue weighted by Crippen LogP contribution is -2.15. The van der Waals surface area contributed by atoms with E-state index in [0.29, 0.717) is 18.0 Å². The van der Waals surface area contributed by atoms with Crippen LogP contribution in [0.5, 0.6) is 11.5 Å². The van der Waals surface area contributed by atoms with Gasteiger partial charge in [0.25, 0.3) is 0 Å². The molecule has 4 nitrogen and oxygen atoms in total. The lowest BCUT2D eigenvalue weighted by atomic mass is 10.2. The summed E-state index contributed by atoms with van der Waals surface area (Å²) in [4.78, 5) is 2.14. The maximum Gasteiger partial charge on any atom is 0.146 e. The Labute approximate surface area is 110 Å². The van der Waals surface area contributed by atoms with Gasteiger partial charge in [-0.25, -0.2) is 0 Å². The minimum atomic E-state index is 0.108. The summed E-state index contributed by atoms with van der Waals surface area (Å²) in [5.41, 5.74) is 6.49. The molecule has 1 aromatic rings. The van der Waals surface area contributed by atoms with Crippen molar-refractivity contribution >= 4 is 5.69 Å². The molecule has 1 rings (SSSR count). The Bertz CT molecular complexity index is 365. The fourth-order valence-corrected chi connectivity index (χ4v) is 1.53. The maximum absolute atomic E-state index is 5.85. The summed E-state index contributed by atoms with van der Waals surface area (Å²) < 4.78 is 11.3. The molecule has 0 unspecified atom stereocenters. The minimum absolute atomic E-state index is 0.108. The predicted molar refractivity (Wildman–Crippen MR) is 75.3 cm³/mol. The molecule has 0 heterocycles. The number of ether oxygens (including phenoxy) is 2. The van der Waals surface area contributed by atoms with Crippen LogP contribution in [-0.2, 0) is 0 Å². The topological polar surface area (TPSA) is 47.7 Å². The Hall–Kier alpha value is -1.42. The number of nitrogens with zero attached hydrogens (tertiary/aromatic N) is 1. The molecule has 0 bridgehead atoms. The van der Waals surface area contributed by atoms with Crippen molar-refractivity contribution < 1.29 is 9.47 Å². The van der Waals surface area contributed by atoms with Crippen LogP contribution >= 0.6 is 0 Å². The quantitative estimate of drug-likeness (QED) is 0.598. The van der Waals surface area contributed by atoms with Gasteiger partial charge < -0.3 is 20.1 Å². The molecule has 0 aliphatic heterocycles. The second-order valence-corrected chi connectivity index (χ2v) is 4.87. The predicted octanol–water partition coefficient (Wildman–Crippen LogP) is 2.39. The number of rotatable bonds is 7. The molecule has 0 aliphatic carbocycles. The standard InChI is InChI=1S/C14H24N2O2/c1-11(2)18-14-10-12(6-7-13(14)15)17-9-5-8-16(3)4/h6-7,10-11H,5,8-9,15H2,1-4H3. The summed E-state index contributed by atoms with van der Waals surface area (Å²) in [6, 6.07) is 5.54. The van der Waals surface area contributed by atoms with Crippen LogP contribution in [0.25, 0.3) is 0 Å². The molecule has 18 heavy (non-hydrogen) atoms. The Morgan fingerprint density at radius 1 is 1.28 bits per heavy atom. The normalized spacial score (nSPS) is 11.0. The van der Waals surface area contributed by atoms with E-state index in [0.717, 1.165) is 18.7 Å². The van der Waals surface area contributed by atoms with E-state index in [9.17, 15) is 0 Å². The third-order valence-electron chi connectivity index (χ3n) is 2.37. The SMILES string of the molecule is CC(C)Oc1cc(OCCCN(C)C)ccc1N. The summed E-state index contributed by atoms with van der Waals surface area (Å²) in [6.07, 6.45) is 1.11. The van der Waals surface area contributed by atoms with Crippen LogP contribution < -0.4 is 15.2 Å². The van der Waals surface area contributed by atoms with Crippen LogP contribution in [-0.4, -0.2) is 38.3 Å². The van der Waals surface area contributed by atoms with E-state index in [1.807, 2.05) is 32.0 Å². The van der Waals surface area contributed by atoms with Crippen LogP contribution in [0.3, 0.4) is 0 Å². The number of benzene rings is 1. The molecule has 0 fully saturated rings. The molecule has 0 saturated carbocycles. The lowest BCUT2D eigenvalue weighted by molar-refractivity contribution is 0.240. The zero-order valence-electron chi connectivity index (χ0n) is 11.8. The molecule has 0 saturated heterocycles. The smallest absolute Gasteiger partial charge is 0.146 e. The first-order chi connectivity index (χ1) is 8.49. The minimum Gasteiger partial charge on any atom is -0.493 e. The van der Waals surface area contributed by atoms with E-state index in [1.165, 1.54) is 0 Å². The summed E-state index contributed by atoms with van der Waals surface area (Å²) in [6.45, 7) is 5.67. The molecule has 4 heteroatoms. The first kappa shape index (κ1) is 14.6. The van der Waals surface area contributed by atoms with Crippen LogP contribution in [0, 0.1) is 0 Å². The number of nitrogens with two attached hydrogens (primary N) is 1. The van der Waals surface area contributed by atoms with E-state index in [4.69, 9.17) is 15.2 Å². The van der Waals surface area contributed by atoms with E-state index >= 15 is 0 Å². The zero-order valence-corrected chi connectivity index (χ0v) is 11.8. The fourth-order valence-electron chi connectivity index (χ4n) is 1.53. The Morgan fingerprint density at radius 3 is 2.61 bits per heavy atom. The van der Waals surface area contributed by atoms with Gasteiger partial charge in [-0.05, 0) is 46.5 Å². The Morgan fingerprint density at radius 2 is 2.00 bits per heavy atom. The molecule has 102 valence electrons. The van der Waals surface area contributed by atoms with Crippen LogP contribution in [0.2, 0.25) is 0 Å². The highest BCUT2D eigenvalue weighted by Gasteiger charge is 2.05. The second kappa shape index (κ2) is 7.11. The van der Waals surface area contributed by atoms with Gasteiger partial charge >= 0.3 is 0 Å². The van der Waals surface area contributed by atoms with Crippen molar-refractivity contribution in [3.63, 3.8) is 0 Å². The molecular formula is C14H24N2O2. The van der Waals surface area contributed by atoms with Crippen molar-refractivity contribution in [3.05, 3.63) is 18.2 Å². The van der Waals surface area contributed by atoms with Gasteiger partial charge in [0.2, 0.25) is 0 Å². The van der Waals surface area contributed by atoms with Gasteiger partial charge in [-0.1, -0.05) is 0 Å². The molecule has 0 aliphatic rings. The van der Waals surface area contributed by atoms with Crippen molar-refractivity contribution in [3.8, 4) is 11.5 Å². The maximum atomic E-state index is 5.85. The monoisotopic (exact) mass is 252 g/mol. The van der Waals surface area contributed by atoms with Gasteiger partial charge in [0.15, 0.2) is 0 Å². The fraction of sp³-hybridized carbons (Fsp3) is 0.571. The van der Waals surface area contributed by atoms with Crippen molar-refractivity contribution in [2.24, 2.45) is 0 Å². The molecule has 0 amide bonds. The van der Waals surface area contributed by atoms with Gasteiger partial charge in [0, 0.05) is 12.6 Å². The average molecular weight is 252 g/mol. The number of hydrogen-bond donors (Lipinski definition) is 1. The highest BCUT2D eigenvalue weighted by Crippen LogP contribution is 2.27. The van der Waals surface area contributed by atoms with Crippen LogP contribution in [0.4, 0.5) is 5.69 Å². The van der Waals surface area contributed by atoms with Gasteiger partial charge in [-0.2, -0.15) is 0 Å². The Balaban J connectivity index is 2.51. The molecular weight excluding hydrogens is 228 g/mol. The number of nitrogen functional groups attached to an aromatic ring is 1. The lowest BCUT2D eigenvalue weighted by Gasteiger charge is -2.14. The van der Waals surface area contributed by atoms with Gasteiger partial charge in [0.05, 0.1) is 18.4 Å². The van der Waals surface area contributed by atoms with E-state index in [1.54, 1.807) is 0 Å². The highest BCUT2D eigenvalue weighted by molar-refractivity contribution is 5.55. The van der Waals surface area contributed by atoms with Crippen LogP contribution in [0.15, 0.2) is 18.2 Å². The summed E-state index contributed by atoms with van der Waals surface area (Å²) in [5, 5.41) is 0. The average Bonchev–Trinajstić information content (AvgIpc) is 2.27. The molecule has 0 radical (unpaired) electrons. The van der Waals surface area contributed by atoms with Crippen molar-refractivity contribution in [2.45, 2.75) is 26.4 Å². The number of anilines is 1. The van der Waals surface area contributed by atoms with Crippen LogP contribution in [0.1, 0.15) is 20.3 Å².